The van der Waals surface area contributed by atoms with Gasteiger partial charge in [-0.2, -0.15) is 0 Å². The Morgan fingerprint density at radius 1 is 1.50 bits per heavy atom. The average Bonchev–Trinajstić information content (AvgIpc) is 2.69. The fourth-order valence-corrected chi connectivity index (χ4v) is 1.77. The molecule has 1 fully saturated rings. The van der Waals surface area contributed by atoms with Gasteiger partial charge in [0.2, 0.25) is 11.5 Å². The molecular formula is C11H13F2N3O2. The molecule has 0 spiro atoms. The lowest BCUT2D eigenvalue weighted by Crippen LogP contribution is -2.40. The van der Waals surface area contributed by atoms with Crippen LogP contribution >= 0.6 is 0 Å². The second-order valence-electron chi connectivity index (χ2n) is 4.27. The van der Waals surface area contributed by atoms with Gasteiger partial charge in [-0.3, -0.25) is 14.9 Å². The molecule has 0 radical (unpaired) electrons. The number of alkyl halides is 2. The molecule has 0 aromatic carbocycles. The second-order valence-corrected chi connectivity index (χ2v) is 4.27. The first-order chi connectivity index (χ1) is 8.46. The standard InChI is InChI=1S/C11H13F2N3O2/c12-11(13)3-8(16-6-11)10(18)15-5-7-1-2-9(17)14-4-7/h1-2,4,8,16H,3,5-6H2,(H,14,17)(H,15,18). The van der Waals surface area contributed by atoms with E-state index in [1.807, 2.05) is 0 Å². The van der Waals surface area contributed by atoms with Gasteiger partial charge in [0.15, 0.2) is 0 Å². The van der Waals surface area contributed by atoms with Crippen molar-refractivity contribution in [1.29, 1.82) is 0 Å². The van der Waals surface area contributed by atoms with Crippen molar-refractivity contribution in [2.45, 2.75) is 24.9 Å². The Morgan fingerprint density at radius 3 is 2.83 bits per heavy atom. The molecule has 1 aromatic heterocycles. The first kappa shape index (κ1) is 12.7. The molecular weight excluding hydrogens is 244 g/mol. The smallest absolute Gasteiger partial charge is 0.262 e. The van der Waals surface area contributed by atoms with Gasteiger partial charge >= 0.3 is 0 Å². The molecule has 1 unspecified atom stereocenters. The largest absolute Gasteiger partial charge is 0.351 e. The number of halogens is 2. The van der Waals surface area contributed by atoms with Gasteiger partial charge in [-0.15, -0.1) is 0 Å². The van der Waals surface area contributed by atoms with Crippen molar-refractivity contribution in [2.75, 3.05) is 6.54 Å². The van der Waals surface area contributed by atoms with Gasteiger partial charge in [0, 0.05) is 25.2 Å². The molecule has 1 amide bonds. The maximum Gasteiger partial charge on any atom is 0.262 e. The van der Waals surface area contributed by atoms with E-state index in [-0.39, 0.29) is 12.1 Å². The summed E-state index contributed by atoms with van der Waals surface area (Å²) in [6.45, 7) is -0.275. The van der Waals surface area contributed by atoms with Gasteiger partial charge in [-0.05, 0) is 5.56 Å². The molecule has 3 N–H and O–H groups in total. The van der Waals surface area contributed by atoms with Crippen LogP contribution in [0.1, 0.15) is 12.0 Å². The normalized spacial score (nSPS) is 21.8. The third kappa shape index (κ3) is 3.13. The molecule has 7 heteroatoms. The summed E-state index contributed by atoms with van der Waals surface area (Å²) in [6.07, 6.45) is 0.990. The molecule has 1 aliphatic rings. The second kappa shape index (κ2) is 4.85. The van der Waals surface area contributed by atoms with E-state index < -0.39 is 30.8 Å². The summed E-state index contributed by atoms with van der Waals surface area (Å²) in [5, 5.41) is 5.01. The minimum atomic E-state index is -2.82. The first-order valence-electron chi connectivity index (χ1n) is 5.53. The van der Waals surface area contributed by atoms with Crippen LogP contribution in [-0.2, 0) is 11.3 Å². The number of carbonyl (C=O) groups excluding carboxylic acids is 1. The minimum Gasteiger partial charge on any atom is -0.351 e. The highest BCUT2D eigenvalue weighted by molar-refractivity contribution is 5.82. The number of hydrogen-bond acceptors (Lipinski definition) is 3. The van der Waals surface area contributed by atoms with Crippen molar-refractivity contribution < 1.29 is 13.6 Å². The fraction of sp³-hybridized carbons (Fsp3) is 0.455. The molecule has 2 rings (SSSR count). The summed E-state index contributed by atoms with van der Waals surface area (Å²) < 4.78 is 25.8. The number of aromatic amines is 1. The summed E-state index contributed by atoms with van der Waals surface area (Å²) in [7, 11) is 0. The van der Waals surface area contributed by atoms with Crippen molar-refractivity contribution in [3.8, 4) is 0 Å². The third-order valence-electron chi connectivity index (χ3n) is 2.74. The molecule has 1 atom stereocenters. The predicted molar refractivity (Wildman–Crippen MR) is 60.3 cm³/mol. The van der Waals surface area contributed by atoms with Crippen molar-refractivity contribution in [3.05, 3.63) is 34.2 Å². The van der Waals surface area contributed by atoms with Crippen LogP contribution in [0.4, 0.5) is 8.78 Å². The van der Waals surface area contributed by atoms with Gasteiger partial charge in [-0.25, -0.2) is 8.78 Å². The van der Waals surface area contributed by atoms with Crippen LogP contribution in [0, 0.1) is 0 Å². The van der Waals surface area contributed by atoms with Crippen molar-refractivity contribution in [1.82, 2.24) is 15.6 Å². The Hall–Kier alpha value is -1.76. The number of nitrogens with one attached hydrogen (secondary N) is 3. The van der Waals surface area contributed by atoms with Crippen LogP contribution in [0.2, 0.25) is 0 Å². The van der Waals surface area contributed by atoms with Crippen molar-refractivity contribution in [3.63, 3.8) is 0 Å². The topological polar surface area (TPSA) is 74.0 Å². The number of H-pyrrole nitrogens is 1. The molecule has 5 nitrogen and oxygen atoms in total. The first-order valence-corrected chi connectivity index (χ1v) is 5.53. The van der Waals surface area contributed by atoms with E-state index in [2.05, 4.69) is 15.6 Å². The molecule has 1 aromatic rings. The Bertz CT molecular complexity index is 481. The zero-order chi connectivity index (χ0) is 13.2. The maximum absolute atomic E-state index is 12.9. The maximum atomic E-state index is 12.9. The van der Waals surface area contributed by atoms with E-state index in [0.29, 0.717) is 5.56 Å². The summed E-state index contributed by atoms with van der Waals surface area (Å²) in [4.78, 5) is 24.9. The summed E-state index contributed by atoms with van der Waals surface area (Å²) >= 11 is 0. The van der Waals surface area contributed by atoms with Gasteiger partial charge in [-0.1, -0.05) is 6.07 Å². The Kier molecular flexibility index (Phi) is 3.42. The lowest BCUT2D eigenvalue weighted by molar-refractivity contribution is -0.123. The van der Waals surface area contributed by atoms with Gasteiger partial charge in [0.1, 0.15) is 0 Å². The monoisotopic (exact) mass is 257 g/mol. The number of carbonyl (C=O) groups is 1. The summed E-state index contributed by atoms with van der Waals surface area (Å²) in [6, 6.07) is 2.04. The Balaban J connectivity index is 1.85. The van der Waals surface area contributed by atoms with E-state index in [4.69, 9.17) is 0 Å². The Morgan fingerprint density at radius 2 is 2.28 bits per heavy atom. The van der Waals surface area contributed by atoms with E-state index in [1.165, 1.54) is 12.3 Å². The van der Waals surface area contributed by atoms with E-state index in [1.54, 1.807) is 6.07 Å². The van der Waals surface area contributed by atoms with Crippen LogP contribution < -0.4 is 16.2 Å². The van der Waals surface area contributed by atoms with Crippen LogP contribution in [-0.4, -0.2) is 29.4 Å². The Labute approximate surface area is 102 Å². The van der Waals surface area contributed by atoms with Crippen LogP contribution in [0.3, 0.4) is 0 Å². The highest BCUT2D eigenvalue weighted by atomic mass is 19.3. The number of aromatic nitrogens is 1. The summed E-state index contributed by atoms with van der Waals surface area (Å²) in [5.74, 6) is -3.28. The quantitative estimate of drug-likeness (QED) is 0.713. The number of pyridine rings is 1. The third-order valence-corrected chi connectivity index (χ3v) is 2.74. The molecule has 18 heavy (non-hydrogen) atoms. The number of hydrogen-bond donors (Lipinski definition) is 3. The summed E-state index contributed by atoms with van der Waals surface area (Å²) in [5.41, 5.74) is 0.467. The van der Waals surface area contributed by atoms with Crippen LogP contribution in [0.25, 0.3) is 0 Å². The van der Waals surface area contributed by atoms with Crippen molar-refractivity contribution in [2.24, 2.45) is 0 Å². The zero-order valence-electron chi connectivity index (χ0n) is 9.50. The van der Waals surface area contributed by atoms with E-state index in [9.17, 15) is 18.4 Å². The van der Waals surface area contributed by atoms with Gasteiger partial charge in [0.05, 0.1) is 12.6 Å². The van der Waals surface area contributed by atoms with Crippen molar-refractivity contribution >= 4 is 5.91 Å². The van der Waals surface area contributed by atoms with Crippen LogP contribution in [0.15, 0.2) is 23.1 Å². The van der Waals surface area contributed by atoms with E-state index >= 15 is 0 Å². The van der Waals surface area contributed by atoms with Gasteiger partial charge in [0.25, 0.3) is 5.92 Å². The predicted octanol–water partition coefficient (Wildman–Crippen LogP) is -0.0117. The molecule has 0 bridgehead atoms. The molecule has 2 heterocycles. The highest BCUT2D eigenvalue weighted by Crippen LogP contribution is 2.24. The lowest BCUT2D eigenvalue weighted by atomic mass is 10.2. The van der Waals surface area contributed by atoms with Crippen LogP contribution in [0.5, 0.6) is 0 Å². The average molecular weight is 257 g/mol. The zero-order valence-corrected chi connectivity index (χ0v) is 9.50. The highest BCUT2D eigenvalue weighted by Gasteiger charge is 2.42. The minimum absolute atomic E-state index is 0.194. The molecule has 1 aliphatic heterocycles. The van der Waals surface area contributed by atoms with Gasteiger partial charge < -0.3 is 10.3 Å². The lowest BCUT2D eigenvalue weighted by Gasteiger charge is -2.11. The number of rotatable bonds is 3. The SMILES string of the molecule is O=C(NCc1ccc(=O)[nH]c1)C1CC(F)(F)CN1. The molecule has 0 aliphatic carbocycles. The molecule has 98 valence electrons. The number of amides is 1. The molecule has 0 saturated carbocycles. The van der Waals surface area contributed by atoms with E-state index in [0.717, 1.165) is 0 Å². The fourth-order valence-electron chi connectivity index (χ4n) is 1.77. The molecule has 1 saturated heterocycles.